The van der Waals surface area contributed by atoms with E-state index in [-0.39, 0.29) is 30.4 Å². The van der Waals surface area contributed by atoms with Crippen LogP contribution in [0.1, 0.15) is 104 Å². The van der Waals surface area contributed by atoms with Crippen LogP contribution in [0.4, 0.5) is 0 Å². The molecule has 0 aromatic carbocycles. The van der Waals surface area contributed by atoms with Crippen LogP contribution in [0.25, 0.3) is 0 Å². The molecule has 0 unspecified atom stereocenters. The first-order chi connectivity index (χ1) is 12.6. The summed E-state index contributed by atoms with van der Waals surface area (Å²) in [5.41, 5.74) is 0. The van der Waals surface area contributed by atoms with E-state index in [1.807, 2.05) is 0 Å². The van der Waals surface area contributed by atoms with E-state index in [0.29, 0.717) is 13.1 Å². The Kier molecular flexibility index (Phi) is 17.4. The van der Waals surface area contributed by atoms with E-state index < -0.39 is 0 Å². The second-order valence-corrected chi connectivity index (χ2v) is 7.13. The van der Waals surface area contributed by atoms with Crippen molar-refractivity contribution in [3.63, 3.8) is 0 Å². The van der Waals surface area contributed by atoms with Crippen LogP contribution in [0.5, 0.6) is 0 Å². The van der Waals surface area contributed by atoms with Gasteiger partial charge in [-0.15, -0.1) is 0 Å². The highest BCUT2D eigenvalue weighted by Gasteiger charge is 2.13. The number of amides is 2. The first-order valence-electron chi connectivity index (χ1n) is 10.6. The quantitative estimate of drug-likeness (QED) is 0.280. The van der Waals surface area contributed by atoms with Crippen LogP contribution in [-0.2, 0) is 14.4 Å². The van der Waals surface area contributed by atoms with Crippen molar-refractivity contribution in [3.8, 4) is 0 Å². The molecule has 26 heavy (non-hydrogen) atoms. The Morgan fingerprint density at radius 2 is 0.885 bits per heavy atom. The summed E-state index contributed by atoms with van der Waals surface area (Å²) in [7, 11) is 0. The lowest BCUT2D eigenvalue weighted by molar-refractivity contribution is -0.131. The predicted octanol–water partition coefficient (Wildman–Crippen LogP) is 4.29. The van der Waals surface area contributed by atoms with Crippen molar-refractivity contribution in [1.82, 2.24) is 10.6 Å². The van der Waals surface area contributed by atoms with E-state index in [9.17, 15) is 14.4 Å². The fourth-order valence-corrected chi connectivity index (χ4v) is 2.81. The van der Waals surface area contributed by atoms with Gasteiger partial charge in [0.05, 0.1) is 12.8 Å². The van der Waals surface area contributed by atoms with E-state index in [2.05, 4.69) is 24.5 Å². The molecule has 0 aliphatic rings. The summed E-state index contributed by atoms with van der Waals surface area (Å²) in [4.78, 5) is 35.1. The Morgan fingerprint density at radius 1 is 0.538 bits per heavy atom. The fourth-order valence-electron chi connectivity index (χ4n) is 2.81. The second-order valence-electron chi connectivity index (χ2n) is 7.13. The Labute approximate surface area is 160 Å². The van der Waals surface area contributed by atoms with Crippen molar-refractivity contribution in [2.24, 2.45) is 0 Å². The summed E-state index contributed by atoms with van der Waals surface area (Å²) in [6.07, 6.45) is 13.6. The third-order valence-electron chi connectivity index (χ3n) is 4.42. The zero-order valence-electron chi connectivity index (χ0n) is 17.0. The SMILES string of the molecule is CCCCCCCCNC(=O)CC(=O)CC(=O)NCCCCCCCC. The molecule has 2 N–H and O–H groups in total. The van der Waals surface area contributed by atoms with Gasteiger partial charge in [-0.2, -0.15) is 0 Å². The minimum Gasteiger partial charge on any atom is -0.356 e. The molecule has 2 amide bonds. The van der Waals surface area contributed by atoms with Gasteiger partial charge < -0.3 is 10.6 Å². The van der Waals surface area contributed by atoms with Crippen molar-refractivity contribution in [3.05, 3.63) is 0 Å². The van der Waals surface area contributed by atoms with Crippen molar-refractivity contribution in [2.75, 3.05) is 13.1 Å². The smallest absolute Gasteiger partial charge is 0.227 e. The van der Waals surface area contributed by atoms with Gasteiger partial charge in [0.25, 0.3) is 0 Å². The van der Waals surface area contributed by atoms with Gasteiger partial charge in [0, 0.05) is 13.1 Å². The van der Waals surface area contributed by atoms with Gasteiger partial charge in [-0.25, -0.2) is 0 Å². The van der Waals surface area contributed by atoms with Crippen molar-refractivity contribution in [1.29, 1.82) is 0 Å². The van der Waals surface area contributed by atoms with Crippen molar-refractivity contribution < 1.29 is 14.4 Å². The van der Waals surface area contributed by atoms with Crippen LogP contribution in [0, 0.1) is 0 Å². The van der Waals surface area contributed by atoms with Gasteiger partial charge in [0.2, 0.25) is 11.8 Å². The van der Waals surface area contributed by atoms with Gasteiger partial charge in [-0.3, -0.25) is 14.4 Å². The summed E-state index contributed by atoms with van der Waals surface area (Å²) in [6, 6.07) is 0. The molecule has 0 radical (unpaired) electrons. The topological polar surface area (TPSA) is 75.3 Å². The van der Waals surface area contributed by atoms with Crippen LogP contribution in [0.2, 0.25) is 0 Å². The molecular weight excluding hydrogens is 328 g/mol. The largest absolute Gasteiger partial charge is 0.356 e. The highest BCUT2D eigenvalue weighted by atomic mass is 16.2. The standard InChI is InChI=1S/C21H40N2O3/c1-3-5-7-9-11-13-15-22-20(25)17-19(24)18-21(26)23-16-14-12-10-8-6-4-2/h3-18H2,1-2H3,(H,22,25)(H,23,26). The third kappa shape index (κ3) is 17.4. The van der Waals surface area contributed by atoms with Crippen LogP contribution >= 0.6 is 0 Å². The number of carbonyl (C=O) groups is 3. The number of hydrogen-bond acceptors (Lipinski definition) is 3. The molecule has 0 aromatic heterocycles. The number of Topliss-reactive ketones (excluding diaryl/α,β-unsaturated/α-hetero) is 1. The zero-order chi connectivity index (χ0) is 19.5. The van der Waals surface area contributed by atoms with Crippen LogP contribution < -0.4 is 10.6 Å². The third-order valence-corrected chi connectivity index (χ3v) is 4.42. The van der Waals surface area contributed by atoms with Crippen LogP contribution in [0.15, 0.2) is 0 Å². The molecule has 0 aliphatic carbocycles. The molecule has 0 aromatic rings. The van der Waals surface area contributed by atoms with Gasteiger partial charge in [0.1, 0.15) is 0 Å². The molecule has 5 heteroatoms. The number of nitrogens with one attached hydrogen (secondary N) is 2. The summed E-state index contributed by atoms with van der Waals surface area (Å²) >= 11 is 0. The first-order valence-corrected chi connectivity index (χ1v) is 10.6. The molecule has 0 spiro atoms. The molecule has 0 heterocycles. The summed E-state index contributed by atoms with van der Waals surface area (Å²) in [5.74, 6) is -0.856. The molecular formula is C21H40N2O3. The van der Waals surface area contributed by atoms with E-state index in [1.165, 1.54) is 51.4 Å². The summed E-state index contributed by atoms with van der Waals surface area (Å²) in [6.45, 7) is 5.60. The molecule has 0 aliphatic heterocycles. The zero-order valence-corrected chi connectivity index (χ0v) is 17.0. The Hall–Kier alpha value is -1.39. The number of carbonyl (C=O) groups excluding carboxylic acids is 3. The average Bonchev–Trinajstić information content (AvgIpc) is 2.60. The molecule has 0 saturated carbocycles. The van der Waals surface area contributed by atoms with Crippen molar-refractivity contribution in [2.45, 2.75) is 104 Å². The fraction of sp³-hybridized carbons (Fsp3) is 0.857. The maximum absolute atomic E-state index is 11.8. The van der Waals surface area contributed by atoms with Gasteiger partial charge in [-0.05, 0) is 12.8 Å². The maximum atomic E-state index is 11.8. The number of ketones is 1. The minimum atomic E-state index is -0.314. The molecule has 0 bridgehead atoms. The number of unbranched alkanes of at least 4 members (excludes halogenated alkanes) is 10. The lowest BCUT2D eigenvalue weighted by atomic mass is 10.1. The predicted molar refractivity (Wildman–Crippen MR) is 107 cm³/mol. The first kappa shape index (κ1) is 24.6. The van der Waals surface area contributed by atoms with E-state index in [0.717, 1.165) is 25.7 Å². The average molecular weight is 369 g/mol. The summed E-state index contributed by atoms with van der Waals surface area (Å²) in [5, 5.41) is 5.53. The maximum Gasteiger partial charge on any atom is 0.227 e. The van der Waals surface area contributed by atoms with E-state index in [4.69, 9.17) is 0 Å². The summed E-state index contributed by atoms with van der Waals surface area (Å²) < 4.78 is 0. The Morgan fingerprint density at radius 3 is 1.27 bits per heavy atom. The molecule has 5 nitrogen and oxygen atoms in total. The Bertz CT molecular complexity index is 349. The normalized spacial score (nSPS) is 10.5. The molecule has 0 rings (SSSR count). The second kappa shape index (κ2) is 18.4. The Balaban J connectivity index is 3.55. The van der Waals surface area contributed by atoms with E-state index >= 15 is 0 Å². The monoisotopic (exact) mass is 368 g/mol. The van der Waals surface area contributed by atoms with E-state index in [1.54, 1.807) is 0 Å². The highest BCUT2D eigenvalue weighted by Crippen LogP contribution is 2.05. The van der Waals surface area contributed by atoms with Gasteiger partial charge in [0.15, 0.2) is 5.78 Å². The number of rotatable bonds is 18. The minimum absolute atomic E-state index is 0.194. The lowest BCUT2D eigenvalue weighted by Gasteiger charge is -2.06. The van der Waals surface area contributed by atoms with Gasteiger partial charge in [-0.1, -0.05) is 78.1 Å². The van der Waals surface area contributed by atoms with Crippen LogP contribution in [0.3, 0.4) is 0 Å². The molecule has 0 saturated heterocycles. The van der Waals surface area contributed by atoms with Crippen LogP contribution in [-0.4, -0.2) is 30.7 Å². The highest BCUT2D eigenvalue weighted by molar-refractivity contribution is 6.06. The lowest BCUT2D eigenvalue weighted by Crippen LogP contribution is -2.30. The van der Waals surface area contributed by atoms with Crippen molar-refractivity contribution >= 4 is 17.6 Å². The molecule has 0 atom stereocenters. The number of hydrogen-bond donors (Lipinski definition) is 2. The molecule has 152 valence electrons. The molecule has 0 fully saturated rings. The van der Waals surface area contributed by atoms with Gasteiger partial charge >= 0.3 is 0 Å².